The molecule has 2 N–H and O–H groups in total. The molecule has 4 nitrogen and oxygen atoms in total. The Kier molecular flexibility index (Phi) is 3.89. The van der Waals surface area contributed by atoms with Crippen LogP contribution in [0.1, 0.15) is 18.5 Å². The van der Waals surface area contributed by atoms with Crippen LogP contribution >= 0.6 is 0 Å². The average molecular weight is 230 g/mol. The molecule has 0 saturated carbocycles. The van der Waals surface area contributed by atoms with E-state index in [0.717, 1.165) is 0 Å². The number of nitrogens with two attached hydrogens (primary N) is 1. The molecular formula is C10H12F2N2O2. The van der Waals surface area contributed by atoms with Crippen molar-refractivity contribution in [2.24, 2.45) is 5.73 Å². The van der Waals surface area contributed by atoms with Gasteiger partial charge in [-0.25, -0.2) is 4.79 Å². The summed E-state index contributed by atoms with van der Waals surface area (Å²) >= 11 is 0. The van der Waals surface area contributed by atoms with Crippen LogP contribution in [0.4, 0.5) is 8.78 Å². The third kappa shape index (κ3) is 2.52. The highest BCUT2D eigenvalue weighted by atomic mass is 19.3. The van der Waals surface area contributed by atoms with Crippen LogP contribution in [-0.2, 0) is 9.53 Å². The Labute approximate surface area is 91.4 Å². The number of hydrogen-bond acceptors (Lipinski definition) is 4. The molecule has 1 rings (SSSR count). The molecular weight excluding hydrogens is 218 g/mol. The van der Waals surface area contributed by atoms with Gasteiger partial charge in [-0.15, -0.1) is 0 Å². The standard InChI is InChI=1S/C10H12F2N2O2/c1-2-16-9(15)10(11,12)8(13)7-4-3-5-14-6-7/h3-6,8H,2,13H2,1H3. The number of aromatic nitrogens is 1. The summed E-state index contributed by atoms with van der Waals surface area (Å²) in [5, 5.41) is 0. The predicted octanol–water partition coefficient (Wildman–Crippen LogP) is 1.28. The van der Waals surface area contributed by atoms with E-state index in [1.165, 1.54) is 31.5 Å². The van der Waals surface area contributed by atoms with Gasteiger partial charge in [0, 0.05) is 12.4 Å². The number of carbonyl (C=O) groups is 1. The second kappa shape index (κ2) is 4.98. The van der Waals surface area contributed by atoms with Crippen molar-refractivity contribution >= 4 is 5.97 Å². The molecule has 1 atom stereocenters. The maximum absolute atomic E-state index is 13.5. The van der Waals surface area contributed by atoms with Crippen LogP contribution in [0, 0.1) is 0 Å². The number of esters is 1. The number of rotatable bonds is 4. The zero-order valence-electron chi connectivity index (χ0n) is 8.69. The summed E-state index contributed by atoms with van der Waals surface area (Å²) in [5.41, 5.74) is 5.40. The molecule has 0 aliphatic carbocycles. The SMILES string of the molecule is CCOC(=O)C(F)(F)C(N)c1cccnc1. The Morgan fingerprint density at radius 1 is 1.69 bits per heavy atom. The van der Waals surface area contributed by atoms with Gasteiger partial charge in [0.2, 0.25) is 0 Å². The van der Waals surface area contributed by atoms with Crippen LogP contribution in [0.25, 0.3) is 0 Å². The van der Waals surface area contributed by atoms with Gasteiger partial charge < -0.3 is 10.5 Å². The molecule has 88 valence electrons. The molecule has 6 heteroatoms. The van der Waals surface area contributed by atoms with Crippen molar-refractivity contribution in [3.63, 3.8) is 0 Å². The lowest BCUT2D eigenvalue weighted by Crippen LogP contribution is -2.41. The van der Waals surface area contributed by atoms with Gasteiger partial charge in [0.15, 0.2) is 0 Å². The van der Waals surface area contributed by atoms with E-state index in [-0.39, 0.29) is 12.2 Å². The minimum absolute atomic E-state index is 0.0838. The zero-order chi connectivity index (χ0) is 12.2. The zero-order valence-corrected chi connectivity index (χ0v) is 8.69. The van der Waals surface area contributed by atoms with E-state index in [1.54, 1.807) is 0 Å². The smallest absolute Gasteiger partial charge is 0.379 e. The van der Waals surface area contributed by atoms with Crippen LogP contribution in [0.15, 0.2) is 24.5 Å². The van der Waals surface area contributed by atoms with E-state index in [0.29, 0.717) is 0 Å². The van der Waals surface area contributed by atoms with Crippen molar-refractivity contribution < 1.29 is 18.3 Å². The molecule has 0 radical (unpaired) electrons. The number of halogens is 2. The maximum Gasteiger partial charge on any atom is 0.379 e. The van der Waals surface area contributed by atoms with Gasteiger partial charge in [0.25, 0.3) is 0 Å². The number of carbonyl (C=O) groups excluding carboxylic acids is 1. The summed E-state index contributed by atoms with van der Waals surface area (Å²) in [6, 6.07) is 1.10. The van der Waals surface area contributed by atoms with Gasteiger partial charge in [-0.1, -0.05) is 6.07 Å². The molecule has 16 heavy (non-hydrogen) atoms. The minimum atomic E-state index is -3.75. The molecule has 1 aromatic heterocycles. The molecule has 0 aliphatic heterocycles. The normalized spacial score (nSPS) is 13.2. The van der Waals surface area contributed by atoms with Gasteiger partial charge in [-0.2, -0.15) is 8.78 Å². The molecule has 1 heterocycles. The van der Waals surface area contributed by atoms with Crippen LogP contribution in [-0.4, -0.2) is 23.5 Å². The minimum Gasteiger partial charge on any atom is -0.462 e. The average Bonchev–Trinajstić information content (AvgIpc) is 2.29. The van der Waals surface area contributed by atoms with E-state index in [4.69, 9.17) is 5.73 Å². The molecule has 0 amide bonds. The summed E-state index contributed by atoms with van der Waals surface area (Å²) in [4.78, 5) is 14.7. The van der Waals surface area contributed by atoms with E-state index < -0.39 is 17.9 Å². The van der Waals surface area contributed by atoms with Crippen molar-refractivity contribution in [1.82, 2.24) is 4.98 Å². The van der Waals surface area contributed by atoms with Gasteiger partial charge in [-0.3, -0.25) is 4.98 Å². The summed E-state index contributed by atoms with van der Waals surface area (Å²) in [7, 11) is 0. The highest BCUT2D eigenvalue weighted by Crippen LogP contribution is 2.29. The second-order valence-corrected chi connectivity index (χ2v) is 3.11. The summed E-state index contributed by atoms with van der Waals surface area (Å²) in [6.07, 6.45) is 2.62. The quantitative estimate of drug-likeness (QED) is 0.791. The monoisotopic (exact) mass is 230 g/mol. The molecule has 0 aromatic carbocycles. The van der Waals surface area contributed by atoms with Crippen LogP contribution in [0.5, 0.6) is 0 Å². The number of ether oxygens (including phenoxy) is 1. The Morgan fingerprint density at radius 3 is 2.88 bits per heavy atom. The highest BCUT2D eigenvalue weighted by Gasteiger charge is 2.47. The predicted molar refractivity (Wildman–Crippen MR) is 52.7 cm³/mol. The molecule has 0 saturated heterocycles. The summed E-state index contributed by atoms with van der Waals surface area (Å²) < 4.78 is 31.2. The van der Waals surface area contributed by atoms with E-state index in [9.17, 15) is 13.6 Å². The summed E-state index contributed by atoms with van der Waals surface area (Å²) in [5.74, 6) is -5.37. The first-order chi connectivity index (χ1) is 7.50. The summed E-state index contributed by atoms with van der Waals surface area (Å²) in [6.45, 7) is 1.33. The van der Waals surface area contributed by atoms with Crippen molar-refractivity contribution in [3.05, 3.63) is 30.1 Å². The van der Waals surface area contributed by atoms with Crippen LogP contribution < -0.4 is 5.73 Å². The van der Waals surface area contributed by atoms with Crippen LogP contribution in [0.2, 0.25) is 0 Å². The highest BCUT2D eigenvalue weighted by molar-refractivity contribution is 5.78. The molecule has 0 aliphatic rings. The first kappa shape index (κ1) is 12.5. The van der Waals surface area contributed by atoms with Crippen molar-refractivity contribution in [2.75, 3.05) is 6.61 Å². The first-order valence-electron chi connectivity index (χ1n) is 4.70. The largest absolute Gasteiger partial charge is 0.462 e. The second-order valence-electron chi connectivity index (χ2n) is 3.11. The molecule has 0 spiro atoms. The van der Waals surface area contributed by atoms with Gasteiger partial charge in [-0.05, 0) is 18.6 Å². The Balaban J connectivity index is 2.87. The fraction of sp³-hybridized carbons (Fsp3) is 0.400. The molecule has 0 bridgehead atoms. The molecule has 0 fully saturated rings. The fourth-order valence-corrected chi connectivity index (χ4v) is 1.12. The number of hydrogen-bond donors (Lipinski definition) is 1. The Hall–Kier alpha value is -1.56. The Bertz CT molecular complexity index is 357. The van der Waals surface area contributed by atoms with Gasteiger partial charge >= 0.3 is 11.9 Å². The lowest BCUT2D eigenvalue weighted by Gasteiger charge is -2.21. The number of nitrogens with zero attached hydrogens (tertiary/aromatic N) is 1. The first-order valence-corrected chi connectivity index (χ1v) is 4.70. The maximum atomic E-state index is 13.5. The fourth-order valence-electron chi connectivity index (χ4n) is 1.12. The molecule has 1 aromatic rings. The van der Waals surface area contributed by atoms with E-state index >= 15 is 0 Å². The Morgan fingerprint density at radius 2 is 2.38 bits per heavy atom. The van der Waals surface area contributed by atoms with Crippen molar-refractivity contribution in [1.29, 1.82) is 0 Å². The van der Waals surface area contributed by atoms with E-state index in [2.05, 4.69) is 9.72 Å². The number of pyridine rings is 1. The van der Waals surface area contributed by atoms with Gasteiger partial charge in [0.05, 0.1) is 6.61 Å². The van der Waals surface area contributed by atoms with Gasteiger partial charge in [0.1, 0.15) is 6.04 Å². The molecule has 1 unspecified atom stereocenters. The topological polar surface area (TPSA) is 65.2 Å². The lowest BCUT2D eigenvalue weighted by molar-refractivity contribution is -0.174. The van der Waals surface area contributed by atoms with Crippen molar-refractivity contribution in [3.8, 4) is 0 Å². The van der Waals surface area contributed by atoms with E-state index in [1.807, 2.05) is 0 Å². The third-order valence-electron chi connectivity index (χ3n) is 1.98. The van der Waals surface area contributed by atoms with Crippen molar-refractivity contribution in [2.45, 2.75) is 18.9 Å². The third-order valence-corrected chi connectivity index (χ3v) is 1.98. The van der Waals surface area contributed by atoms with Crippen LogP contribution in [0.3, 0.4) is 0 Å². The lowest BCUT2D eigenvalue weighted by atomic mass is 10.0. The number of alkyl halides is 2.